The molecule has 0 unspecified atom stereocenters. The summed E-state index contributed by atoms with van der Waals surface area (Å²) in [6, 6.07) is 5.06. The Morgan fingerprint density at radius 2 is 1.86 bits per heavy atom. The number of hydrogen-bond acceptors (Lipinski definition) is 3. The molecule has 0 spiro atoms. The molecule has 0 saturated carbocycles. The SMILES string of the molecule is CCCCCCCCOCc1ccc(C(=O)O)c(OC)c1. The van der Waals surface area contributed by atoms with Gasteiger partial charge in [-0.2, -0.15) is 0 Å². The fourth-order valence-corrected chi connectivity index (χ4v) is 2.18. The molecule has 0 radical (unpaired) electrons. The van der Waals surface area contributed by atoms with Gasteiger partial charge in [-0.25, -0.2) is 4.79 Å². The van der Waals surface area contributed by atoms with Crippen LogP contribution in [0.4, 0.5) is 0 Å². The Labute approximate surface area is 127 Å². The maximum Gasteiger partial charge on any atom is 0.339 e. The summed E-state index contributed by atoms with van der Waals surface area (Å²) in [4.78, 5) is 11.0. The van der Waals surface area contributed by atoms with Crippen molar-refractivity contribution in [1.82, 2.24) is 0 Å². The van der Waals surface area contributed by atoms with Gasteiger partial charge in [-0.3, -0.25) is 0 Å². The molecule has 4 heteroatoms. The molecular formula is C17H26O4. The standard InChI is InChI=1S/C17H26O4/c1-3-4-5-6-7-8-11-21-13-14-9-10-15(17(18)19)16(12-14)20-2/h9-10,12H,3-8,11,13H2,1-2H3,(H,18,19). The molecule has 1 N–H and O–H groups in total. The Kier molecular flexibility index (Phi) is 8.51. The van der Waals surface area contributed by atoms with Gasteiger partial charge >= 0.3 is 5.97 Å². The van der Waals surface area contributed by atoms with E-state index in [0.29, 0.717) is 12.4 Å². The third kappa shape index (κ3) is 6.63. The molecule has 0 heterocycles. The van der Waals surface area contributed by atoms with E-state index in [2.05, 4.69) is 6.92 Å². The molecule has 1 rings (SSSR count). The van der Waals surface area contributed by atoms with E-state index in [1.807, 2.05) is 0 Å². The van der Waals surface area contributed by atoms with Crippen molar-refractivity contribution in [2.24, 2.45) is 0 Å². The monoisotopic (exact) mass is 294 g/mol. The molecule has 0 amide bonds. The Bertz CT molecular complexity index is 429. The quantitative estimate of drug-likeness (QED) is 0.619. The van der Waals surface area contributed by atoms with Crippen LogP contribution in [-0.4, -0.2) is 24.8 Å². The largest absolute Gasteiger partial charge is 0.496 e. The Morgan fingerprint density at radius 1 is 1.14 bits per heavy atom. The van der Waals surface area contributed by atoms with Crippen molar-refractivity contribution in [3.05, 3.63) is 29.3 Å². The molecule has 4 nitrogen and oxygen atoms in total. The van der Waals surface area contributed by atoms with Crippen LogP contribution in [0.5, 0.6) is 5.75 Å². The molecule has 1 aromatic carbocycles. The van der Waals surface area contributed by atoms with Crippen LogP contribution >= 0.6 is 0 Å². The Hall–Kier alpha value is -1.55. The average molecular weight is 294 g/mol. The van der Waals surface area contributed by atoms with Crippen LogP contribution in [-0.2, 0) is 11.3 Å². The molecule has 21 heavy (non-hydrogen) atoms. The maximum absolute atomic E-state index is 11.0. The number of unbranched alkanes of at least 4 members (excludes halogenated alkanes) is 5. The lowest BCUT2D eigenvalue weighted by molar-refractivity contribution is 0.0693. The second-order valence-corrected chi connectivity index (χ2v) is 5.16. The number of carbonyl (C=O) groups is 1. The number of carboxylic acids is 1. The first-order valence-electron chi connectivity index (χ1n) is 7.67. The minimum atomic E-state index is -0.980. The summed E-state index contributed by atoms with van der Waals surface area (Å²) in [7, 11) is 1.47. The smallest absolute Gasteiger partial charge is 0.339 e. The van der Waals surface area contributed by atoms with Crippen molar-refractivity contribution in [2.45, 2.75) is 52.1 Å². The van der Waals surface area contributed by atoms with E-state index in [0.717, 1.165) is 18.6 Å². The van der Waals surface area contributed by atoms with Crippen LogP contribution in [0.3, 0.4) is 0 Å². The number of rotatable bonds is 11. The number of benzene rings is 1. The summed E-state index contributed by atoms with van der Waals surface area (Å²) >= 11 is 0. The van der Waals surface area contributed by atoms with Gasteiger partial charge in [0.15, 0.2) is 0 Å². The van der Waals surface area contributed by atoms with Crippen molar-refractivity contribution in [3.8, 4) is 5.75 Å². The molecule has 0 aliphatic rings. The summed E-state index contributed by atoms with van der Waals surface area (Å²) in [5.41, 5.74) is 1.11. The highest BCUT2D eigenvalue weighted by Crippen LogP contribution is 2.20. The van der Waals surface area contributed by atoms with Crippen molar-refractivity contribution >= 4 is 5.97 Å². The highest BCUT2D eigenvalue weighted by molar-refractivity contribution is 5.90. The number of aromatic carboxylic acids is 1. The van der Waals surface area contributed by atoms with Gasteiger partial charge in [-0.1, -0.05) is 45.1 Å². The van der Waals surface area contributed by atoms with E-state index in [4.69, 9.17) is 14.6 Å². The van der Waals surface area contributed by atoms with Gasteiger partial charge in [0.1, 0.15) is 11.3 Å². The van der Waals surface area contributed by atoms with E-state index < -0.39 is 5.97 Å². The second-order valence-electron chi connectivity index (χ2n) is 5.16. The molecule has 0 aliphatic carbocycles. The summed E-state index contributed by atoms with van der Waals surface area (Å²) < 4.78 is 10.7. The summed E-state index contributed by atoms with van der Waals surface area (Å²) in [6.07, 6.45) is 7.46. The maximum atomic E-state index is 11.0. The van der Waals surface area contributed by atoms with Gasteiger partial charge in [-0.15, -0.1) is 0 Å². The second kappa shape index (κ2) is 10.2. The van der Waals surface area contributed by atoms with Crippen LogP contribution in [0.15, 0.2) is 18.2 Å². The lowest BCUT2D eigenvalue weighted by atomic mass is 10.1. The minimum absolute atomic E-state index is 0.178. The number of ether oxygens (including phenoxy) is 2. The molecule has 1 aromatic rings. The van der Waals surface area contributed by atoms with Gasteiger partial charge in [0.25, 0.3) is 0 Å². The zero-order valence-electron chi connectivity index (χ0n) is 13.1. The zero-order valence-corrected chi connectivity index (χ0v) is 13.1. The van der Waals surface area contributed by atoms with E-state index in [1.165, 1.54) is 39.2 Å². The first-order valence-corrected chi connectivity index (χ1v) is 7.67. The molecule has 0 saturated heterocycles. The van der Waals surface area contributed by atoms with Gasteiger partial charge in [0.05, 0.1) is 13.7 Å². The molecule has 0 aromatic heterocycles. The topological polar surface area (TPSA) is 55.8 Å². The van der Waals surface area contributed by atoms with E-state index in [1.54, 1.807) is 18.2 Å². The van der Waals surface area contributed by atoms with E-state index in [9.17, 15) is 4.79 Å². The number of hydrogen-bond donors (Lipinski definition) is 1. The van der Waals surface area contributed by atoms with E-state index in [-0.39, 0.29) is 5.56 Å². The number of methoxy groups -OCH3 is 1. The minimum Gasteiger partial charge on any atom is -0.496 e. The van der Waals surface area contributed by atoms with Gasteiger partial charge in [0.2, 0.25) is 0 Å². The van der Waals surface area contributed by atoms with Crippen LogP contribution in [0.25, 0.3) is 0 Å². The highest BCUT2D eigenvalue weighted by atomic mass is 16.5. The van der Waals surface area contributed by atoms with Crippen LogP contribution in [0, 0.1) is 0 Å². The zero-order chi connectivity index (χ0) is 15.5. The summed E-state index contributed by atoms with van der Waals surface area (Å²) in [6.45, 7) is 3.45. The predicted octanol–water partition coefficient (Wildman–Crippen LogP) is 4.27. The van der Waals surface area contributed by atoms with Gasteiger partial charge < -0.3 is 14.6 Å². The Balaban J connectivity index is 2.28. The third-order valence-electron chi connectivity index (χ3n) is 3.41. The van der Waals surface area contributed by atoms with Crippen LogP contribution in [0.1, 0.15) is 61.4 Å². The fraction of sp³-hybridized carbons (Fsp3) is 0.588. The van der Waals surface area contributed by atoms with E-state index >= 15 is 0 Å². The lowest BCUT2D eigenvalue weighted by Gasteiger charge is -2.08. The first-order chi connectivity index (χ1) is 10.2. The van der Waals surface area contributed by atoms with Crippen LogP contribution < -0.4 is 4.74 Å². The predicted molar refractivity (Wildman–Crippen MR) is 83.0 cm³/mol. The molecule has 0 atom stereocenters. The summed E-state index contributed by atoms with van der Waals surface area (Å²) in [5, 5.41) is 9.01. The van der Waals surface area contributed by atoms with Crippen molar-refractivity contribution in [1.29, 1.82) is 0 Å². The first kappa shape index (κ1) is 17.5. The molecular weight excluding hydrogens is 268 g/mol. The Morgan fingerprint density at radius 3 is 2.52 bits per heavy atom. The van der Waals surface area contributed by atoms with Gasteiger partial charge in [0, 0.05) is 6.61 Å². The third-order valence-corrected chi connectivity index (χ3v) is 3.41. The number of carboxylic acid groups (broad SMARTS) is 1. The van der Waals surface area contributed by atoms with Crippen LogP contribution in [0.2, 0.25) is 0 Å². The van der Waals surface area contributed by atoms with Gasteiger partial charge in [-0.05, 0) is 24.1 Å². The van der Waals surface area contributed by atoms with Crippen molar-refractivity contribution in [2.75, 3.05) is 13.7 Å². The lowest BCUT2D eigenvalue weighted by Crippen LogP contribution is -2.02. The molecule has 118 valence electrons. The molecule has 0 aliphatic heterocycles. The fourth-order valence-electron chi connectivity index (χ4n) is 2.18. The normalized spacial score (nSPS) is 10.6. The van der Waals surface area contributed by atoms with Crippen molar-refractivity contribution < 1.29 is 19.4 Å². The average Bonchev–Trinajstić information content (AvgIpc) is 2.49. The molecule has 0 bridgehead atoms. The summed E-state index contributed by atoms with van der Waals surface area (Å²) in [5.74, 6) is -0.602. The molecule has 0 fully saturated rings. The van der Waals surface area contributed by atoms with Crippen molar-refractivity contribution in [3.63, 3.8) is 0 Å². The highest BCUT2D eigenvalue weighted by Gasteiger charge is 2.11.